The van der Waals surface area contributed by atoms with Crippen molar-refractivity contribution >= 4 is 0 Å². The summed E-state index contributed by atoms with van der Waals surface area (Å²) in [6, 6.07) is 8.98. The molecular formula is C16H26N2O2. The Morgan fingerprint density at radius 3 is 2.90 bits per heavy atom. The predicted octanol–water partition coefficient (Wildman–Crippen LogP) is 1.60. The summed E-state index contributed by atoms with van der Waals surface area (Å²) in [5.74, 6) is 0. The van der Waals surface area contributed by atoms with E-state index in [4.69, 9.17) is 15.2 Å². The molecule has 4 heteroatoms. The highest BCUT2D eigenvalue weighted by atomic mass is 16.5. The van der Waals surface area contributed by atoms with Gasteiger partial charge in [-0.3, -0.25) is 4.90 Å². The molecule has 4 nitrogen and oxygen atoms in total. The molecule has 112 valence electrons. The third-order valence-corrected chi connectivity index (χ3v) is 3.91. The Bertz CT molecular complexity index is 398. The molecular weight excluding hydrogens is 252 g/mol. The Hall–Kier alpha value is -0.940. The minimum Gasteiger partial charge on any atom is -0.385 e. The van der Waals surface area contributed by atoms with Gasteiger partial charge in [-0.15, -0.1) is 0 Å². The van der Waals surface area contributed by atoms with E-state index < -0.39 is 0 Å². The highest BCUT2D eigenvalue weighted by molar-refractivity contribution is 5.32. The van der Waals surface area contributed by atoms with Crippen molar-refractivity contribution in [2.45, 2.75) is 18.9 Å². The number of hydrogen-bond acceptors (Lipinski definition) is 4. The average Bonchev–Trinajstić information content (AvgIpc) is 2.50. The number of hydrogen-bond donors (Lipinski definition) is 1. The molecule has 0 aliphatic carbocycles. The quantitative estimate of drug-likeness (QED) is 0.734. The average molecular weight is 278 g/mol. The van der Waals surface area contributed by atoms with Gasteiger partial charge in [-0.2, -0.15) is 0 Å². The highest BCUT2D eigenvalue weighted by Crippen LogP contribution is 2.28. The SMILES string of the molecule is COCCCOCCN1CCc2ccccc2C1CN. The van der Waals surface area contributed by atoms with Gasteiger partial charge >= 0.3 is 0 Å². The smallest absolute Gasteiger partial charge is 0.0593 e. The Balaban J connectivity index is 1.81. The van der Waals surface area contributed by atoms with Crippen molar-refractivity contribution in [2.24, 2.45) is 5.73 Å². The number of rotatable bonds is 8. The van der Waals surface area contributed by atoms with E-state index in [2.05, 4.69) is 29.2 Å². The summed E-state index contributed by atoms with van der Waals surface area (Å²) in [4.78, 5) is 2.44. The van der Waals surface area contributed by atoms with Gasteiger partial charge in [0.25, 0.3) is 0 Å². The first kappa shape index (κ1) is 15.4. The second kappa shape index (κ2) is 8.37. The van der Waals surface area contributed by atoms with Crippen LogP contribution in [0.2, 0.25) is 0 Å². The summed E-state index contributed by atoms with van der Waals surface area (Å²) in [5.41, 5.74) is 8.81. The maximum Gasteiger partial charge on any atom is 0.0593 e. The Kier molecular flexibility index (Phi) is 6.47. The molecule has 2 N–H and O–H groups in total. The van der Waals surface area contributed by atoms with E-state index in [0.717, 1.165) is 45.8 Å². The molecule has 1 unspecified atom stereocenters. The van der Waals surface area contributed by atoms with Crippen molar-refractivity contribution in [2.75, 3.05) is 46.6 Å². The highest BCUT2D eigenvalue weighted by Gasteiger charge is 2.25. The molecule has 1 aromatic carbocycles. The Labute approximate surface area is 121 Å². The standard InChI is InChI=1S/C16H26N2O2/c1-19-10-4-11-20-12-9-18-8-7-14-5-2-3-6-15(14)16(18)13-17/h2-3,5-6,16H,4,7-13,17H2,1H3. The van der Waals surface area contributed by atoms with Crippen LogP contribution in [0.5, 0.6) is 0 Å². The van der Waals surface area contributed by atoms with Gasteiger partial charge in [-0.05, 0) is 24.0 Å². The summed E-state index contributed by atoms with van der Waals surface area (Å²) < 4.78 is 10.7. The van der Waals surface area contributed by atoms with Crippen LogP contribution in [0.15, 0.2) is 24.3 Å². The molecule has 2 rings (SSSR count). The fourth-order valence-electron chi connectivity index (χ4n) is 2.84. The van der Waals surface area contributed by atoms with Crippen LogP contribution < -0.4 is 5.73 Å². The van der Waals surface area contributed by atoms with Gasteiger partial charge in [0, 0.05) is 46.0 Å². The Morgan fingerprint density at radius 1 is 1.25 bits per heavy atom. The molecule has 1 atom stereocenters. The van der Waals surface area contributed by atoms with Crippen molar-refractivity contribution in [1.82, 2.24) is 4.90 Å². The maximum absolute atomic E-state index is 5.98. The van der Waals surface area contributed by atoms with Crippen LogP contribution in [0.1, 0.15) is 23.6 Å². The second-order valence-electron chi connectivity index (χ2n) is 5.20. The van der Waals surface area contributed by atoms with E-state index in [0.29, 0.717) is 12.6 Å². The molecule has 0 bridgehead atoms. The van der Waals surface area contributed by atoms with Crippen LogP contribution in [0.4, 0.5) is 0 Å². The monoisotopic (exact) mass is 278 g/mol. The third kappa shape index (κ3) is 4.03. The topological polar surface area (TPSA) is 47.7 Å². The lowest BCUT2D eigenvalue weighted by Crippen LogP contribution is -2.41. The van der Waals surface area contributed by atoms with Gasteiger partial charge in [-0.1, -0.05) is 24.3 Å². The van der Waals surface area contributed by atoms with Crippen LogP contribution in [0, 0.1) is 0 Å². The number of benzene rings is 1. The van der Waals surface area contributed by atoms with Gasteiger partial charge < -0.3 is 15.2 Å². The molecule has 0 saturated carbocycles. The first-order chi connectivity index (χ1) is 9.86. The summed E-state index contributed by atoms with van der Waals surface area (Å²) in [6.07, 6.45) is 2.07. The zero-order valence-corrected chi connectivity index (χ0v) is 12.4. The van der Waals surface area contributed by atoms with Crippen molar-refractivity contribution in [3.05, 3.63) is 35.4 Å². The number of fused-ring (bicyclic) bond motifs is 1. The minimum absolute atomic E-state index is 0.336. The fourth-order valence-corrected chi connectivity index (χ4v) is 2.84. The van der Waals surface area contributed by atoms with Gasteiger partial charge in [0.15, 0.2) is 0 Å². The van der Waals surface area contributed by atoms with Crippen LogP contribution in [0.25, 0.3) is 0 Å². The van der Waals surface area contributed by atoms with E-state index in [9.17, 15) is 0 Å². The molecule has 0 spiro atoms. The van der Waals surface area contributed by atoms with E-state index in [1.807, 2.05) is 0 Å². The molecule has 0 aromatic heterocycles. The van der Waals surface area contributed by atoms with Crippen LogP contribution >= 0.6 is 0 Å². The van der Waals surface area contributed by atoms with Crippen LogP contribution in [0.3, 0.4) is 0 Å². The number of ether oxygens (including phenoxy) is 2. The maximum atomic E-state index is 5.98. The largest absolute Gasteiger partial charge is 0.385 e. The molecule has 0 radical (unpaired) electrons. The molecule has 1 aromatic rings. The van der Waals surface area contributed by atoms with E-state index >= 15 is 0 Å². The molecule has 1 aliphatic heterocycles. The first-order valence-electron chi connectivity index (χ1n) is 7.45. The fraction of sp³-hybridized carbons (Fsp3) is 0.625. The summed E-state index contributed by atoms with van der Waals surface area (Å²) in [6.45, 7) is 4.99. The number of nitrogens with zero attached hydrogens (tertiary/aromatic N) is 1. The van der Waals surface area contributed by atoms with Crippen LogP contribution in [-0.2, 0) is 15.9 Å². The zero-order chi connectivity index (χ0) is 14.2. The van der Waals surface area contributed by atoms with Crippen molar-refractivity contribution < 1.29 is 9.47 Å². The molecule has 0 fully saturated rings. The minimum atomic E-state index is 0.336. The normalized spacial score (nSPS) is 19.0. The number of methoxy groups -OCH3 is 1. The van der Waals surface area contributed by atoms with Gasteiger partial charge in [0.2, 0.25) is 0 Å². The zero-order valence-electron chi connectivity index (χ0n) is 12.4. The van der Waals surface area contributed by atoms with Gasteiger partial charge in [0.1, 0.15) is 0 Å². The van der Waals surface area contributed by atoms with E-state index in [1.54, 1.807) is 7.11 Å². The summed E-state index contributed by atoms with van der Waals surface area (Å²) in [5, 5.41) is 0. The lowest BCUT2D eigenvalue weighted by molar-refractivity contribution is 0.0704. The molecule has 20 heavy (non-hydrogen) atoms. The lowest BCUT2D eigenvalue weighted by Gasteiger charge is -2.36. The number of nitrogens with two attached hydrogens (primary N) is 1. The van der Waals surface area contributed by atoms with Gasteiger partial charge in [0.05, 0.1) is 6.61 Å². The summed E-state index contributed by atoms with van der Waals surface area (Å²) >= 11 is 0. The van der Waals surface area contributed by atoms with Crippen molar-refractivity contribution in [1.29, 1.82) is 0 Å². The third-order valence-electron chi connectivity index (χ3n) is 3.91. The van der Waals surface area contributed by atoms with E-state index in [1.165, 1.54) is 11.1 Å². The molecule has 1 heterocycles. The molecule has 1 aliphatic rings. The lowest BCUT2D eigenvalue weighted by atomic mass is 9.92. The first-order valence-corrected chi connectivity index (χ1v) is 7.45. The van der Waals surface area contributed by atoms with Crippen molar-refractivity contribution in [3.63, 3.8) is 0 Å². The molecule has 0 saturated heterocycles. The Morgan fingerprint density at radius 2 is 2.10 bits per heavy atom. The predicted molar refractivity (Wildman–Crippen MR) is 80.8 cm³/mol. The molecule has 0 amide bonds. The summed E-state index contributed by atoms with van der Waals surface area (Å²) in [7, 11) is 1.72. The van der Waals surface area contributed by atoms with Gasteiger partial charge in [-0.25, -0.2) is 0 Å². The van der Waals surface area contributed by atoms with Crippen molar-refractivity contribution in [3.8, 4) is 0 Å². The van der Waals surface area contributed by atoms with Crippen LogP contribution in [-0.4, -0.2) is 51.5 Å². The second-order valence-corrected chi connectivity index (χ2v) is 5.20. The van der Waals surface area contributed by atoms with E-state index in [-0.39, 0.29) is 0 Å².